The van der Waals surface area contributed by atoms with Crippen LogP contribution in [0.2, 0.25) is 0 Å². The Kier molecular flexibility index (Phi) is 6.95. The third kappa shape index (κ3) is 5.33. The lowest BCUT2D eigenvalue weighted by atomic mass is 9.61. The Morgan fingerprint density at radius 1 is 1.21 bits per heavy atom. The van der Waals surface area contributed by atoms with Crippen molar-refractivity contribution in [2.75, 3.05) is 0 Å². The largest absolute Gasteiger partial charge is 0.393 e. The lowest BCUT2D eigenvalue weighted by Crippen LogP contribution is -2.35. The Morgan fingerprint density at radius 2 is 1.97 bits per heavy atom. The van der Waals surface area contributed by atoms with Gasteiger partial charge in [0.05, 0.1) is 11.7 Å². The molecule has 0 saturated heterocycles. The highest BCUT2D eigenvalue weighted by Crippen LogP contribution is 2.59. The van der Waals surface area contributed by atoms with Crippen molar-refractivity contribution >= 4 is 0 Å². The second-order valence-corrected chi connectivity index (χ2v) is 10.8. The molecule has 0 spiro atoms. The normalized spacial score (nSPS) is 37.4. The summed E-state index contributed by atoms with van der Waals surface area (Å²) in [6.07, 6.45) is 18.7. The molecule has 3 rings (SSSR count). The van der Waals surface area contributed by atoms with E-state index in [4.69, 9.17) is 0 Å². The third-order valence-corrected chi connectivity index (χ3v) is 7.95. The quantitative estimate of drug-likeness (QED) is 0.518. The van der Waals surface area contributed by atoms with Crippen molar-refractivity contribution in [3.8, 4) is 0 Å². The summed E-state index contributed by atoms with van der Waals surface area (Å²) < 4.78 is 0. The van der Waals surface area contributed by atoms with Gasteiger partial charge in [-0.05, 0) is 100 Å². The maximum absolute atomic E-state index is 10.0. The van der Waals surface area contributed by atoms with E-state index in [1.165, 1.54) is 43.3 Å². The average molecular weight is 399 g/mol. The van der Waals surface area contributed by atoms with E-state index >= 15 is 0 Å². The van der Waals surface area contributed by atoms with Gasteiger partial charge < -0.3 is 10.2 Å². The topological polar surface area (TPSA) is 40.5 Å². The van der Waals surface area contributed by atoms with Crippen molar-refractivity contribution in [3.63, 3.8) is 0 Å². The van der Waals surface area contributed by atoms with Crippen molar-refractivity contribution < 1.29 is 10.2 Å². The van der Waals surface area contributed by atoms with Gasteiger partial charge in [-0.1, -0.05) is 55.9 Å². The molecule has 0 heterocycles. The Balaban J connectivity index is 1.72. The fraction of sp³-hybridized carbons (Fsp3) is 0.704. The van der Waals surface area contributed by atoms with Gasteiger partial charge in [0.15, 0.2) is 0 Å². The predicted octanol–water partition coefficient (Wildman–Crippen LogP) is 6.51. The van der Waals surface area contributed by atoms with Gasteiger partial charge in [0, 0.05) is 0 Å². The molecule has 3 aliphatic carbocycles. The molecule has 2 heteroatoms. The van der Waals surface area contributed by atoms with E-state index < -0.39 is 5.60 Å². The molecule has 0 aromatic carbocycles. The van der Waals surface area contributed by atoms with Crippen molar-refractivity contribution in [3.05, 3.63) is 47.6 Å². The molecule has 3 aliphatic rings. The van der Waals surface area contributed by atoms with Crippen molar-refractivity contribution in [1.29, 1.82) is 0 Å². The van der Waals surface area contributed by atoms with E-state index in [9.17, 15) is 10.2 Å². The van der Waals surface area contributed by atoms with Crippen LogP contribution in [0.5, 0.6) is 0 Å². The Hall–Kier alpha value is -1.12. The summed E-state index contributed by atoms with van der Waals surface area (Å²) in [5, 5.41) is 20.0. The van der Waals surface area contributed by atoms with E-state index in [1.807, 2.05) is 19.9 Å². The van der Waals surface area contributed by atoms with Crippen LogP contribution >= 0.6 is 0 Å². The molecule has 29 heavy (non-hydrogen) atoms. The summed E-state index contributed by atoms with van der Waals surface area (Å²) in [6, 6.07) is 0. The van der Waals surface area contributed by atoms with Crippen LogP contribution in [0, 0.1) is 23.2 Å². The summed E-state index contributed by atoms with van der Waals surface area (Å²) in [4.78, 5) is 0. The second-order valence-electron chi connectivity index (χ2n) is 10.8. The van der Waals surface area contributed by atoms with Gasteiger partial charge in [-0.25, -0.2) is 0 Å². The van der Waals surface area contributed by atoms with Crippen LogP contribution in [0.3, 0.4) is 0 Å². The number of rotatable bonds is 5. The minimum Gasteiger partial charge on any atom is -0.393 e. The molecule has 3 fully saturated rings. The van der Waals surface area contributed by atoms with E-state index in [1.54, 1.807) is 5.57 Å². The first-order chi connectivity index (χ1) is 13.6. The summed E-state index contributed by atoms with van der Waals surface area (Å²) in [7, 11) is 0. The van der Waals surface area contributed by atoms with Crippen LogP contribution in [0.4, 0.5) is 0 Å². The van der Waals surface area contributed by atoms with Gasteiger partial charge >= 0.3 is 0 Å². The molecule has 2 nitrogen and oxygen atoms in total. The fourth-order valence-electron chi connectivity index (χ4n) is 6.34. The van der Waals surface area contributed by atoms with Crippen LogP contribution in [0.25, 0.3) is 0 Å². The second kappa shape index (κ2) is 8.94. The number of aliphatic hydroxyl groups excluding tert-OH is 1. The summed E-state index contributed by atoms with van der Waals surface area (Å²) in [6.45, 7) is 12.8. The Labute approximate surface area is 178 Å². The first-order valence-corrected chi connectivity index (χ1v) is 11.8. The van der Waals surface area contributed by atoms with Gasteiger partial charge in [0.2, 0.25) is 0 Å². The highest BCUT2D eigenvalue weighted by molar-refractivity contribution is 5.36. The molecular weight excluding hydrogens is 356 g/mol. The standard InChI is InChI=1S/C27H42O2/c1-19-10-13-23(28)18-22(19)12-11-21-9-7-17-27(5)24(14-15-25(21)27)20(2)8-6-16-26(3,4)29/h6,11-12,16,20,23-25,28-29H,1,7-10,13-15,17-18H2,2-5H3. The van der Waals surface area contributed by atoms with Crippen LogP contribution in [-0.4, -0.2) is 21.9 Å². The third-order valence-electron chi connectivity index (χ3n) is 7.95. The monoisotopic (exact) mass is 398 g/mol. The molecule has 0 amide bonds. The summed E-state index contributed by atoms with van der Waals surface area (Å²) >= 11 is 0. The molecule has 0 aromatic rings. The van der Waals surface area contributed by atoms with Crippen LogP contribution in [0.1, 0.15) is 85.5 Å². The molecule has 0 radical (unpaired) electrons. The molecule has 162 valence electrons. The van der Waals surface area contributed by atoms with Gasteiger partial charge in [-0.3, -0.25) is 0 Å². The van der Waals surface area contributed by atoms with Crippen molar-refractivity contribution in [2.24, 2.45) is 23.2 Å². The molecule has 3 saturated carbocycles. The molecule has 2 N–H and O–H groups in total. The minimum absolute atomic E-state index is 0.199. The Bertz CT molecular complexity index is 690. The molecular formula is C27H42O2. The van der Waals surface area contributed by atoms with Crippen LogP contribution < -0.4 is 0 Å². The van der Waals surface area contributed by atoms with E-state index in [0.29, 0.717) is 17.3 Å². The minimum atomic E-state index is -0.715. The maximum Gasteiger partial charge on any atom is 0.0771 e. The zero-order valence-electron chi connectivity index (χ0n) is 19.1. The van der Waals surface area contributed by atoms with Crippen molar-refractivity contribution in [2.45, 2.75) is 97.2 Å². The number of allylic oxidation sites excluding steroid dienone is 5. The van der Waals surface area contributed by atoms with Gasteiger partial charge in [-0.2, -0.15) is 0 Å². The highest BCUT2D eigenvalue weighted by atomic mass is 16.3. The van der Waals surface area contributed by atoms with Crippen LogP contribution in [0.15, 0.2) is 47.6 Å². The molecule has 5 atom stereocenters. The first kappa shape index (κ1) is 22.6. The smallest absolute Gasteiger partial charge is 0.0771 e. The zero-order chi connectivity index (χ0) is 21.2. The highest BCUT2D eigenvalue weighted by Gasteiger charge is 2.50. The SMILES string of the molecule is C=C1CCC(O)CC1=CC=C1CCCC2(C)C1CCC2C(C)CC=CC(C)(C)O. The lowest BCUT2D eigenvalue weighted by Gasteiger charge is -2.44. The number of fused-ring (bicyclic) bond motifs is 1. The molecule has 0 aliphatic heterocycles. The van der Waals surface area contributed by atoms with E-state index in [2.05, 4.69) is 38.7 Å². The van der Waals surface area contributed by atoms with Crippen LogP contribution in [-0.2, 0) is 0 Å². The average Bonchev–Trinajstić information content (AvgIpc) is 2.99. The Morgan fingerprint density at radius 3 is 2.69 bits per heavy atom. The maximum atomic E-state index is 10.0. The predicted molar refractivity (Wildman–Crippen MR) is 123 cm³/mol. The van der Waals surface area contributed by atoms with E-state index in [0.717, 1.165) is 31.6 Å². The molecule has 0 aromatic heterocycles. The van der Waals surface area contributed by atoms with E-state index in [-0.39, 0.29) is 6.10 Å². The fourth-order valence-corrected chi connectivity index (χ4v) is 6.34. The summed E-state index contributed by atoms with van der Waals surface area (Å²) in [5.41, 5.74) is 3.77. The summed E-state index contributed by atoms with van der Waals surface area (Å²) in [5.74, 6) is 2.09. The van der Waals surface area contributed by atoms with Gasteiger partial charge in [0.25, 0.3) is 0 Å². The molecule has 5 unspecified atom stereocenters. The van der Waals surface area contributed by atoms with Gasteiger partial charge in [0.1, 0.15) is 0 Å². The van der Waals surface area contributed by atoms with Crippen molar-refractivity contribution in [1.82, 2.24) is 0 Å². The number of hydrogen-bond donors (Lipinski definition) is 2. The number of hydrogen-bond acceptors (Lipinski definition) is 2. The zero-order valence-corrected chi connectivity index (χ0v) is 19.1. The first-order valence-electron chi connectivity index (χ1n) is 11.8. The molecule has 0 bridgehead atoms. The lowest BCUT2D eigenvalue weighted by molar-refractivity contribution is 0.0979. The number of aliphatic hydroxyl groups is 2. The van der Waals surface area contributed by atoms with Gasteiger partial charge in [-0.15, -0.1) is 0 Å².